The van der Waals surface area contributed by atoms with Crippen molar-refractivity contribution in [2.24, 2.45) is 46.3 Å². The Labute approximate surface area is 352 Å². The van der Waals surface area contributed by atoms with Gasteiger partial charge in [-0.05, 0) is 97.1 Å². The minimum absolute atomic E-state index is 0.0146. The Hall–Kier alpha value is -3.88. The van der Waals surface area contributed by atoms with Gasteiger partial charge in [0.2, 0.25) is 0 Å². The minimum atomic E-state index is -6.37. The summed E-state index contributed by atoms with van der Waals surface area (Å²) in [5.41, 5.74) is -1.00. The molecule has 7 rings (SSSR count). The summed E-state index contributed by atoms with van der Waals surface area (Å²) in [6.45, 7) is 4.74. The summed E-state index contributed by atoms with van der Waals surface area (Å²) in [5, 5.41) is -5.73. The zero-order chi connectivity index (χ0) is 43.7. The highest BCUT2D eigenvalue weighted by molar-refractivity contribution is 7.97. The number of esters is 1. The van der Waals surface area contributed by atoms with E-state index in [4.69, 9.17) is 4.55 Å². The predicted molar refractivity (Wildman–Crippen MR) is 218 cm³/mol. The van der Waals surface area contributed by atoms with Crippen LogP contribution in [0.4, 0.5) is 17.6 Å². The van der Waals surface area contributed by atoms with Gasteiger partial charge in [-0.3, -0.25) is 23.7 Å². The van der Waals surface area contributed by atoms with E-state index in [-0.39, 0.29) is 88.4 Å². The maximum atomic E-state index is 13.8. The Bertz CT molecular complexity index is 2040. The highest BCUT2D eigenvalue weighted by Crippen LogP contribution is 2.66. The molecule has 0 heterocycles. The molecule has 0 bridgehead atoms. The van der Waals surface area contributed by atoms with E-state index in [0.29, 0.717) is 38.5 Å². The SMILES string of the molecule is C[C@H](CCC(=O)OCCC(F)(F)C(F)(F)S(=O)(=O)O)[C@H]1CC[C@H]2[C@@H]3C(=O)CC4CC(=O)CC[C@]4(C)[C@H]3CC(=O)[C@]12C.c1ccc([S+](c2ccccc2)c2ccccc2)cc1. The second kappa shape index (κ2) is 17.8. The summed E-state index contributed by atoms with van der Waals surface area (Å²) >= 11 is 0. The van der Waals surface area contributed by atoms with Gasteiger partial charge in [0.25, 0.3) is 0 Å². The van der Waals surface area contributed by atoms with Crippen molar-refractivity contribution in [3.63, 3.8) is 0 Å². The molecule has 4 aliphatic carbocycles. The molecule has 0 radical (unpaired) electrons. The van der Waals surface area contributed by atoms with E-state index in [1.54, 1.807) is 0 Å². The Morgan fingerprint density at radius 1 is 0.833 bits per heavy atom. The fourth-order valence-corrected chi connectivity index (χ4v) is 13.3. The Balaban J connectivity index is 0.000000263. The molecule has 1 N–H and O–H groups in total. The van der Waals surface area contributed by atoms with Crippen LogP contribution in [-0.4, -0.2) is 54.1 Å². The molecule has 3 aromatic rings. The molecule has 0 spiro atoms. The second-order valence-corrected chi connectivity index (χ2v) is 20.9. The summed E-state index contributed by atoms with van der Waals surface area (Å²) in [6.07, 6.45) is 1.73. The van der Waals surface area contributed by atoms with Crippen molar-refractivity contribution in [3.05, 3.63) is 91.0 Å². The molecule has 0 amide bonds. The van der Waals surface area contributed by atoms with Crippen molar-refractivity contribution in [3.8, 4) is 0 Å². The van der Waals surface area contributed by atoms with E-state index < -0.39 is 45.7 Å². The minimum Gasteiger partial charge on any atom is -0.465 e. The number of rotatable bonds is 12. The Morgan fingerprint density at radius 3 is 1.88 bits per heavy atom. The standard InChI is InChI=1S/C28H38F4O8S.C18H15S/c1-15(4-7-23(36)40-11-10-27(29,30)28(31,32)41(37,38)39)18-5-6-19-24-20(14-22(35)26(18,19)3)25(2)9-8-17(33)12-16(25)13-21(24)34;1-4-10-16(11-5-1)19(17-12-6-2-7-13-17)18-14-8-3-9-15-18/h15-16,18-20,24H,4-14H2,1-3H3,(H,37,38,39);1-15H/q;+1/t15-,16?,18-,19+,20+,24+,25+,26-;/m1./s1. The average molecular weight is 874 g/mol. The Morgan fingerprint density at radius 2 is 1.37 bits per heavy atom. The lowest BCUT2D eigenvalue weighted by molar-refractivity contribution is -0.174. The molecule has 0 saturated heterocycles. The van der Waals surface area contributed by atoms with Crippen LogP contribution < -0.4 is 0 Å². The quantitative estimate of drug-likeness (QED) is 0.0824. The highest BCUT2D eigenvalue weighted by Gasteiger charge is 2.67. The van der Waals surface area contributed by atoms with E-state index in [2.05, 4.69) is 103 Å². The number of alkyl halides is 4. The van der Waals surface area contributed by atoms with Crippen molar-refractivity contribution in [2.45, 2.75) is 111 Å². The number of benzene rings is 3. The molecule has 3 aromatic carbocycles. The van der Waals surface area contributed by atoms with Crippen LogP contribution in [0.15, 0.2) is 106 Å². The van der Waals surface area contributed by atoms with Gasteiger partial charge in [0.1, 0.15) is 17.3 Å². The first-order valence-electron chi connectivity index (χ1n) is 20.6. The van der Waals surface area contributed by atoms with E-state index >= 15 is 0 Å². The zero-order valence-electron chi connectivity index (χ0n) is 34.0. The van der Waals surface area contributed by atoms with Crippen LogP contribution in [-0.2, 0) is 44.9 Å². The lowest BCUT2D eigenvalue weighted by Gasteiger charge is -2.58. The molecule has 1 unspecified atom stereocenters. The fourth-order valence-electron chi connectivity index (χ4n) is 10.7. The third kappa shape index (κ3) is 8.88. The number of fused-ring (bicyclic) bond motifs is 5. The lowest BCUT2D eigenvalue weighted by atomic mass is 9.44. The first kappa shape index (κ1) is 45.6. The van der Waals surface area contributed by atoms with Crippen molar-refractivity contribution < 1.29 is 54.4 Å². The molecule has 8 nitrogen and oxygen atoms in total. The zero-order valence-corrected chi connectivity index (χ0v) is 35.7. The predicted octanol–water partition coefficient (Wildman–Crippen LogP) is 9.82. The van der Waals surface area contributed by atoms with Crippen molar-refractivity contribution in [1.29, 1.82) is 0 Å². The summed E-state index contributed by atoms with van der Waals surface area (Å²) < 4.78 is 88.1. The van der Waals surface area contributed by atoms with Gasteiger partial charge in [-0.2, -0.15) is 26.0 Å². The molecule has 4 aliphatic rings. The number of hydrogen-bond acceptors (Lipinski definition) is 7. The highest BCUT2D eigenvalue weighted by atomic mass is 32.2. The number of ketones is 3. The van der Waals surface area contributed by atoms with E-state index in [0.717, 1.165) is 0 Å². The third-order valence-corrected chi connectivity index (χ3v) is 17.3. The number of halogens is 4. The summed E-state index contributed by atoms with van der Waals surface area (Å²) in [6, 6.07) is 32.2. The summed E-state index contributed by atoms with van der Waals surface area (Å²) in [5.74, 6) is -6.51. The van der Waals surface area contributed by atoms with Crippen molar-refractivity contribution >= 4 is 44.3 Å². The molecule has 4 saturated carbocycles. The second-order valence-electron chi connectivity index (χ2n) is 17.4. The average Bonchev–Trinajstić information content (AvgIpc) is 3.57. The van der Waals surface area contributed by atoms with Gasteiger partial charge in [0, 0.05) is 43.4 Å². The van der Waals surface area contributed by atoms with Crippen LogP contribution >= 0.6 is 0 Å². The van der Waals surface area contributed by atoms with Crippen LogP contribution in [0.1, 0.15) is 85.0 Å². The molecular formula is C46H53F4O8S2+. The monoisotopic (exact) mass is 873 g/mol. The smallest absolute Gasteiger partial charge is 0.431 e. The first-order chi connectivity index (χ1) is 28.2. The number of Topliss-reactive ketones (excluding diaryl/α,β-unsaturated/α-hetero) is 3. The van der Waals surface area contributed by atoms with Crippen LogP contribution in [0.2, 0.25) is 0 Å². The van der Waals surface area contributed by atoms with Crippen molar-refractivity contribution in [1.82, 2.24) is 0 Å². The van der Waals surface area contributed by atoms with Crippen LogP contribution in [0.5, 0.6) is 0 Å². The fraction of sp³-hybridized carbons (Fsp3) is 0.522. The van der Waals surface area contributed by atoms with Gasteiger partial charge >= 0.3 is 27.3 Å². The van der Waals surface area contributed by atoms with Gasteiger partial charge in [0.15, 0.2) is 14.7 Å². The number of hydrogen-bond donors (Lipinski definition) is 1. The number of carbonyl (C=O) groups excluding carboxylic acids is 4. The van der Waals surface area contributed by atoms with Gasteiger partial charge in [0.05, 0.1) is 23.9 Å². The van der Waals surface area contributed by atoms with Crippen LogP contribution in [0.25, 0.3) is 0 Å². The number of ether oxygens (including phenoxy) is 1. The third-order valence-electron chi connectivity index (χ3n) is 14.1. The first-order valence-corrected chi connectivity index (χ1v) is 23.2. The molecule has 4 fully saturated rings. The molecule has 0 aliphatic heterocycles. The normalized spacial score (nSPS) is 28.5. The van der Waals surface area contributed by atoms with Gasteiger partial charge in [-0.15, -0.1) is 0 Å². The topological polar surface area (TPSA) is 132 Å². The molecule has 324 valence electrons. The molecule has 60 heavy (non-hydrogen) atoms. The maximum absolute atomic E-state index is 13.8. The van der Waals surface area contributed by atoms with Gasteiger partial charge < -0.3 is 4.74 Å². The van der Waals surface area contributed by atoms with Gasteiger partial charge in [-0.25, -0.2) is 0 Å². The maximum Gasteiger partial charge on any atom is 0.431 e. The molecule has 8 atom stereocenters. The van der Waals surface area contributed by atoms with Crippen molar-refractivity contribution in [2.75, 3.05) is 6.61 Å². The number of carbonyl (C=O) groups is 4. The summed E-state index contributed by atoms with van der Waals surface area (Å²) in [7, 11) is -6.39. The molecular weight excluding hydrogens is 821 g/mol. The lowest BCUT2D eigenvalue weighted by Crippen LogP contribution is -2.60. The Kier molecular flexibility index (Phi) is 13.6. The largest absolute Gasteiger partial charge is 0.465 e. The van der Waals surface area contributed by atoms with E-state index in [9.17, 15) is 45.2 Å². The van der Waals surface area contributed by atoms with E-state index in [1.165, 1.54) is 14.7 Å². The van der Waals surface area contributed by atoms with E-state index in [1.807, 2.05) is 13.8 Å². The summed E-state index contributed by atoms with van der Waals surface area (Å²) in [4.78, 5) is 55.7. The van der Waals surface area contributed by atoms with Crippen LogP contribution in [0, 0.1) is 46.3 Å². The van der Waals surface area contributed by atoms with Crippen LogP contribution in [0.3, 0.4) is 0 Å². The molecule has 14 heteroatoms. The molecule has 0 aromatic heterocycles. The van der Waals surface area contributed by atoms with Gasteiger partial charge in [-0.1, -0.05) is 75.4 Å².